The number of halogens is 2. The molecule has 0 amide bonds. The maximum Gasteiger partial charge on any atom is 0.228 e. The van der Waals surface area contributed by atoms with Crippen molar-refractivity contribution in [2.75, 3.05) is 48.9 Å². The molecule has 6 aliphatic rings. The zero-order valence-corrected chi connectivity index (χ0v) is 42.4. The molecule has 7 nitrogen and oxygen atoms in total. The number of ether oxygens (including phenoxy) is 2. The molecule has 9 heteroatoms. The number of para-hydroxylation sites is 1. The van der Waals surface area contributed by atoms with Crippen LogP contribution in [0.3, 0.4) is 0 Å². The van der Waals surface area contributed by atoms with Crippen LogP contribution < -0.4 is 19.4 Å². The number of rotatable bonds is 6. The minimum atomic E-state index is -0.759. The number of hydrogen-bond acceptors (Lipinski definition) is 6. The molecular weight excluding hydrogens is 882 g/mol. The maximum absolute atomic E-state index is 7.38. The lowest BCUT2D eigenvalue weighted by Crippen LogP contribution is -2.61. The Labute approximate surface area is 412 Å². The van der Waals surface area contributed by atoms with Crippen molar-refractivity contribution >= 4 is 74.3 Å². The molecule has 5 aliphatic heterocycles. The Balaban J connectivity index is 0.912. The van der Waals surface area contributed by atoms with Gasteiger partial charge in [-0.2, -0.15) is 4.58 Å². The second-order valence-electron chi connectivity index (χ2n) is 21.2. The van der Waals surface area contributed by atoms with Crippen molar-refractivity contribution in [1.82, 2.24) is 0 Å². The van der Waals surface area contributed by atoms with Crippen molar-refractivity contribution in [3.63, 3.8) is 0 Å². The van der Waals surface area contributed by atoms with E-state index in [-0.39, 0.29) is 22.3 Å². The van der Waals surface area contributed by atoms with Gasteiger partial charge in [-0.15, -0.1) is 0 Å². The van der Waals surface area contributed by atoms with Crippen molar-refractivity contribution in [1.29, 1.82) is 0 Å². The van der Waals surface area contributed by atoms with E-state index >= 15 is 0 Å². The molecule has 0 radical (unpaired) electrons. The fraction of sp³-hybridized carbons (Fsp3) is 0.356. The van der Waals surface area contributed by atoms with Gasteiger partial charge < -0.3 is 24.2 Å². The first-order valence-electron chi connectivity index (χ1n) is 24.3. The third-order valence-corrected chi connectivity index (χ3v) is 16.8. The second kappa shape index (κ2) is 16.2. The molecule has 68 heavy (non-hydrogen) atoms. The summed E-state index contributed by atoms with van der Waals surface area (Å²) in [6.07, 6.45) is 16.2. The molecule has 1 spiro atoms. The minimum absolute atomic E-state index is 0.0555. The molecule has 0 bridgehead atoms. The number of benzene rings is 5. The fourth-order valence-electron chi connectivity index (χ4n) is 12.4. The number of piperidine rings is 1. The first kappa shape index (κ1) is 44.7. The van der Waals surface area contributed by atoms with E-state index in [0.717, 1.165) is 77.8 Å². The molecule has 0 saturated carbocycles. The van der Waals surface area contributed by atoms with Gasteiger partial charge in [0, 0.05) is 113 Å². The molecule has 0 aromatic heterocycles. The van der Waals surface area contributed by atoms with Gasteiger partial charge in [0.15, 0.2) is 11.5 Å². The Morgan fingerprint density at radius 3 is 2.21 bits per heavy atom. The van der Waals surface area contributed by atoms with Crippen LogP contribution in [0.25, 0.3) is 10.8 Å². The van der Waals surface area contributed by atoms with Gasteiger partial charge in [-0.3, -0.25) is 4.99 Å². The van der Waals surface area contributed by atoms with Crippen molar-refractivity contribution in [2.45, 2.75) is 102 Å². The summed E-state index contributed by atoms with van der Waals surface area (Å²) in [5.41, 5.74) is 12.9. The predicted molar refractivity (Wildman–Crippen MR) is 284 cm³/mol. The summed E-state index contributed by atoms with van der Waals surface area (Å²) in [5.74, 6) is 1.85. The monoisotopic (exact) mass is 942 g/mol. The van der Waals surface area contributed by atoms with E-state index in [9.17, 15) is 0 Å². The molecule has 1 saturated heterocycles. The number of likely N-dealkylation sites (N-methyl/N-ethyl adjacent to an activating group) is 2. The number of anilines is 3. The third-order valence-electron chi connectivity index (χ3n) is 16.3. The Hall–Kier alpha value is -5.76. The topological polar surface area (TPSA) is 43.6 Å². The van der Waals surface area contributed by atoms with Crippen LogP contribution in [-0.2, 0) is 21.0 Å². The first-order chi connectivity index (χ1) is 32.5. The van der Waals surface area contributed by atoms with Gasteiger partial charge in [-0.1, -0.05) is 85.6 Å². The van der Waals surface area contributed by atoms with Gasteiger partial charge in [0.25, 0.3) is 0 Å². The molecule has 11 rings (SSSR count). The summed E-state index contributed by atoms with van der Waals surface area (Å²) in [5, 5.41) is 3.83. The summed E-state index contributed by atoms with van der Waals surface area (Å²) >= 11 is 13.1. The number of aliphatic imine (C=N–C) groups is 1. The van der Waals surface area contributed by atoms with Crippen molar-refractivity contribution < 1.29 is 14.0 Å². The highest BCUT2D eigenvalue weighted by molar-refractivity contribution is 6.31. The SMILES string of the molecule is CN1C(=CC=C2CCCC(C=CC3=[N+](C)c4ccc(Cl)cc4C3(C)C)=C2OC2CCN(c3cc4c(c5ccccc35)N=CC3(O4)N(C)c4ccccc4C3(C)C)CC2)C(C)(C)c2cc(Cl)ccc21. The highest BCUT2D eigenvalue weighted by Crippen LogP contribution is 2.55. The van der Waals surface area contributed by atoms with Crippen LogP contribution in [0.2, 0.25) is 10.0 Å². The molecule has 1 aliphatic carbocycles. The van der Waals surface area contributed by atoms with Crippen LogP contribution in [-0.4, -0.2) is 62.6 Å². The van der Waals surface area contributed by atoms with Gasteiger partial charge >= 0.3 is 0 Å². The number of hydrogen-bond donors (Lipinski definition) is 0. The van der Waals surface area contributed by atoms with Gasteiger partial charge in [0.05, 0.1) is 17.0 Å². The molecular formula is C59H62Cl2N5O2+. The van der Waals surface area contributed by atoms with Crippen molar-refractivity contribution in [3.05, 3.63) is 165 Å². The first-order valence-corrected chi connectivity index (χ1v) is 25.1. The molecule has 5 heterocycles. The van der Waals surface area contributed by atoms with Gasteiger partial charge in [0.2, 0.25) is 11.4 Å². The Morgan fingerprint density at radius 1 is 0.735 bits per heavy atom. The van der Waals surface area contributed by atoms with Crippen molar-refractivity contribution in [3.8, 4) is 5.75 Å². The lowest BCUT2D eigenvalue weighted by molar-refractivity contribution is -0.401. The van der Waals surface area contributed by atoms with Gasteiger partial charge in [-0.25, -0.2) is 0 Å². The Morgan fingerprint density at radius 2 is 1.44 bits per heavy atom. The number of allylic oxidation sites excluding steroid dienone is 7. The lowest BCUT2D eigenvalue weighted by atomic mass is 9.77. The van der Waals surface area contributed by atoms with E-state index in [4.69, 9.17) is 37.7 Å². The van der Waals surface area contributed by atoms with Gasteiger partial charge in [-0.05, 0) is 118 Å². The molecule has 1 atom stereocenters. The fourth-order valence-corrected chi connectivity index (χ4v) is 12.7. The summed E-state index contributed by atoms with van der Waals surface area (Å²) in [4.78, 5) is 12.3. The van der Waals surface area contributed by atoms with Crippen LogP contribution in [0.4, 0.5) is 28.4 Å². The minimum Gasteiger partial charge on any atom is -0.490 e. The highest BCUT2D eigenvalue weighted by atomic mass is 35.5. The van der Waals surface area contributed by atoms with E-state index < -0.39 is 5.72 Å². The second-order valence-corrected chi connectivity index (χ2v) is 22.1. The quantitative estimate of drug-likeness (QED) is 0.159. The zero-order chi connectivity index (χ0) is 47.5. The van der Waals surface area contributed by atoms with Crippen LogP contribution in [0.1, 0.15) is 90.3 Å². The standard InChI is InChI=1S/C59H62Cl2N5O2/c1-56(2)45-33-39(60)23-25-47(45)63(7)52(56)27-21-37-15-14-16-38(22-28-53-57(3,4)46-34-40(61)24-26-48(46)64(53)8)55(37)67-41-29-31-66(32-30-41)50-35-51-54(43-18-11-10-17-42(43)50)62-36-59(68-51)58(5,6)44-19-12-13-20-49(44)65(59)9/h10-13,17-28,33-36,41H,14-16,29-32H2,1-9H3/q+1. The van der Waals surface area contributed by atoms with Crippen LogP contribution in [0.5, 0.6) is 5.75 Å². The Kier molecular flexibility index (Phi) is 10.6. The summed E-state index contributed by atoms with van der Waals surface area (Å²) in [7, 11) is 6.46. The van der Waals surface area contributed by atoms with Crippen LogP contribution in [0.15, 0.2) is 143 Å². The molecule has 348 valence electrons. The van der Waals surface area contributed by atoms with Crippen molar-refractivity contribution in [2.24, 2.45) is 4.99 Å². The summed E-state index contributed by atoms with van der Waals surface area (Å²) < 4.78 is 17.0. The average Bonchev–Trinajstić information content (AvgIpc) is 3.71. The normalized spacial score (nSPS) is 23.6. The van der Waals surface area contributed by atoms with E-state index in [2.05, 4.69) is 185 Å². The summed E-state index contributed by atoms with van der Waals surface area (Å²) in [6, 6.07) is 32.0. The van der Waals surface area contributed by atoms with E-state index in [1.54, 1.807) is 0 Å². The molecule has 5 aromatic carbocycles. The Bertz CT molecular complexity index is 3130. The molecule has 5 aromatic rings. The van der Waals surface area contributed by atoms with Crippen LogP contribution >= 0.6 is 23.2 Å². The molecule has 1 unspecified atom stereocenters. The zero-order valence-electron chi connectivity index (χ0n) is 40.9. The molecule has 0 N–H and O–H groups in total. The maximum atomic E-state index is 7.38. The third kappa shape index (κ3) is 6.81. The molecule has 1 fully saturated rings. The van der Waals surface area contributed by atoms with E-state index in [0.29, 0.717) is 0 Å². The van der Waals surface area contributed by atoms with Crippen LogP contribution in [0, 0.1) is 0 Å². The predicted octanol–water partition coefficient (Wildman–Crippen LogP) is 14.3. The summed E-state index contributed by atoms with van der Waals surface area (Å²) in [6.45, 7) is 15.4. The van der Waals surface area contributed by atoms with E-state index in [1.165, 1.54) is 67.4 Å². The van der Waals surface area contributed by atoms with Gasteiger partial charge in [0.1, 0.15) is 24.6 Å². The number of nitrogens with zero attached hydrogens (tertiary/aromatic N) is 5. The smallest absolute Gasteiger partial charge is 0.228 e. The van der Waals surface area contributed by atoms with E-state index in [1.807, 2.05) is 18.3 Å². The number of fused-ring (bicyclic) bond motifs is 6. The largest absolute Gasteiger partial charge is 0.490 e. The average molecular weight is 944 g/mol. The lowest BCUT2D eigenvalue weighted by Gasteiger charge is -2.45. The highest BCUT2D eigenvalue weighted by Gasteiger charge is 2.58.